The first-order valence-electron chi connectivity index (χ1n) is 5.75. The number of rotatable bonds is 9. The van der Waals surface area contributed by atoms with Crippen molar-refractivity contribution >= 4 is 9.24 Å². The van der Waals surface area contributed by atoms with Crippen LogP contribution in [0.2, 0.25) is 0 Å². The van der Waals surface area contributed by atoms with Gasteiger partial charge in [-0.2, -0.15) is 0 Å². The predicted octanol–water partition coefficient (Wildman–Crippen LogP) is 3.65. The molecular formula is C12H25OP. The lowest BCUT2D eigenvalue weighted by atomic mass is 10.1. The highest BCUT2D eigenvalue weighted by Crippen LogP contribution is 2.05. The summed E-state index contributed by atoms with van der Waals surface area (Å²) in [6.45, 7) is 6.26. The Morgan fingerprint density at radius 3 is 2.71 bits per heavy atom. The van der Waals surface area contributed by atoms with Crippen LogP contribution in [-0.2, 0) is 4.74 Å². The molecule has 0 N–H and O–H groups in total. The van der Waals surface area contributed by atoms with Gasteiger partial charge < -0.3 is 4.74 Å². The van der Waals surface area contributed by atoms with E-state index in [1.54, 1.807) is 0 Å². The minimum Gasteiger partial charge on any atom is -0.381 e. The molecule has 0 aromatic carbocycles. The Morgan fingerprint density at radius 1 is 1.29 bits per heavy atom. The van der Waals surface area contributed by atoms with E-state index in [1.807, 2.05) is 0 Å². The quantitative estimate of drug-likeness (QED) is 0.325. The fourth-order valence-electron chi connectivity index (χ4n) is 1.18. The molecule has 2 heteroatoms. The van der Waals surface area contributed by atoms with E-state index in [0.29, 0.717) is 5.92 Å². The topological polar surface area (TPSA) is 9.23 Å². The molecule has 0 aromatic heterocycles. The summed E-state index contributed by atoms with van der Waals surface area (Å²) in [6, 6.07) is 0. The van der Waals surface area contributed by atoms with Crippen molar-refractivity contribution in [1.29, 1.82) is 0 Å². The Bertz CT molecular complexity index is 134. The first kappa shape index (κ1) is 14.1. The average molecular weight is 216 g/mol. The fraction of sp³-hybridized carbons (Fsp3) is 0.833. The molecular weight excluding hydrogens is 191 g/mol. The standard InChI is InChI=1S/C12H25OP/c1-3-4-7-12(2)8-10-13-9-5-6-11-14/h4,7,12H,3,5-6,8-11,14H2,1-2H3. The molecule has 84 valence electrons. The Hall–Kier alpha value is 0.130. The van der Waals surface area contributed by atoms with Crippen LogP contribution in [-0.4, -0.2) is 19.4 Å². The lowest BCUT2D eigenvalue weighted by Gasteiger charge is -2.06. The summed E-state index contributed by atoms with van der Waals surface area (Å²) in [5.74, 6) is 0.664. The molecule has 0 rings (SSSR count). The highest BCUT2D eigenvalue weighted by Gasteiger charge is 1.96. The van der Waals surface area contributed by atoms with Crippen molar-refractivity contribution in [2.45, 2.75) is 39.5 Å². The smallest absolute Gasteiger partial charge is 0.0471 e. The number of hydrogen-bond donors (Lipinski definition) is 0. The minimum atomic E-state index is 0.664. The van der Waals surface area contributed by atoms with Crippen LogP contribution >= 0.6 is 9.24 Å². The van der Waals surface area contributed by atoms with Crippen LogP contribution in [0.3, 0.4) is 0 Å². The Labute approximate surface area is 91.5 Å². The lowest BCUT2D eigenvalue weighted by molar-refractivity contribution is 0.123. The van der Waals surface area contributed by atoms with Crippen molar-refractivity contribution in [3.63, 3.8) is 0 Å². The average Bonchev–Trinajstić information content (AvgIpc) is 2.20. The molecule has 0 saturated carbocycles. The number of allylic oxidation sites excluding steroid dienone is 2. The second-order valence-electron chi connectivity index (χ2n) is 3.71. The number of unbranched alkanes of at least 4 members (excludes halogenated alkanes) is 1. The highest BCUT2D eigenvalue weighted by molar-refractivity contribution is 7.16. The number of hydrogen-bond acceptors (Lipinski definition) is 1. The van der Waals surface area contributed by atoms with Crippen molar-refractivity contribution < 1.29 is 4.74 Å². The zero-order valence-corrected chi connectivity index (χ0v) is 10.8. The summed E-state index contributed by atoms with van der Waals surface area (Å²) in [6.07, 6.45) is 10.5. The van der Waals surface area contributed by atoms with Gasteiger partial charge in [-0.15, -0.1) is 9.24 Å². The third kappa shape index (κ3) is 10.2. The van der Waals surface area contributed by atoms with E-state index < -0.39 is 0 Å². The largest absolute Gasteiger partial charge is 0.381 e. The van der Waals surface area contributed by atoms with Gasteiger partial charge in [-0.25, -0.2) is 0 Å². The second kappa shape index (κ2) is 11.2. The first-order chi connectivity index (χ1) is 6.81. The van der Waals surface area contributed by atoms with Gasteiger partial charge in [0.05, 0.1) is 0 Å². The van der Waals surface area contributed by atoms with Crippen molar-refractivity contribution in [2.24, 2.45) is 5.92 Å². The molecule has 0 aliphatic carbocycles. The van der Waals surface area contributed by atoms with Crippen molar-refractivity contribution in [1.82, 2.24) is 0 Å². The first-order valence-corrected chi connectivity index (χ1v) is 6.57. The zero-order chi connectivity index (χ0) is 10.6. The molecule has 0 aromatic rings. The van der Waals surface area contributed by atoms with Gasteiger partial charge in [-0.1, -0.05) is 26.0 Å². The van der Waals surface area contributed by atoms with E-state index >= 15 is 0 Å². The molecule has 0 spiro atoms. The Morgan fingerprint density at radius 2 is 2.07 bits per heavy atom. The van der Waals surface area contributed by atoms with Gasteiger partial charge in [0.2, 0.25) is 0 Å². The van der Waals surface area contributed by atoms with E-state index in [2.05, 4.69) is 35.2 Å². The molecule has 0 radical (unpaired) electrons. The van der Waals surface area contributed by atoms with Crippen LogP contribution in [0.1, 0.15) is 39.5 Å². The fourth-order valence-corrected chi connectivity index (χ4v) is 1.47. The van der Waals surface area contributed by atoms with E-state index in [4.69, 9.17) is 4.74 Å². The molecule has 0 aliphatic heterocycles. The maximum atomic E-state index is 5.54. The zero-order valence-electron chi connectivity index (χ0n) is 9.67. The van der Waals surface area contributed by atoms with Crippen LogP contribution in [0.4, 0.5) is 0 Å². The maximum Gasteiger partial charge on any atom is 0.0471 e. The molecule has 0 heterocycles. The molecule has 0 saturated heterocycles. The molecule has 0 aliphatic rings. The van der Waals surface area contributed by atoms with Crippen LogP contribution in [0.15, 0.2) is 12.2 Å². The normalized spacial score (nSPS) is 13.6. The summed E-state index contributed by atoms with van der Waals surface area (Å²) < 4.78 is 5.54. The Balaban J connectivity index is 3.14. The molecule has 0 amide bonds. The second-order valence-corrected chi connectivity index (χ2v) is 4.29. The van der Waals surface area contributed by atoms with Gasteiger partial charge in [0, 0.05) is 13.2 Å². The van der Waals surface area contributed by atoms with Gasteiger partial charge >= 0.3 is 0 Å². The summed E-state index contributed by atoms with van der Waals surface area (Å²) in [5, 5.41) is 0. The summed E-state index contributed by atoms with van der Waals surface area (Å²) in [5.41, 5.74) is 0. The lowest BCUT2D eigenvalue weighted by Crippen LogP contribution is -2.01. The summed E-state index contributed by atoms with van der Waals surface area (Å²) >= 11 is 0. The van der Waals surface area contributed by atoms with Crippen LogP contribution in [0.25, 0.3) is 0 Å². The van der Waals surface area contributed by atoms with Gasteiger partial charge in [0.25, 0.3) is 0 Å². The van der Waals surface area contributed by atoms with Crippen molar-refractivity contribution in [2.75, 3.05) is 19.4 Å². The van der Waals surface area contributed by atoms with Crippen LogP contribution in [0.5, 0.6) is 0 Å². The third-order valence-corrected chi connectivity index (χ3v) is 2.57. The van der Waals surface area contributed by atoms with Gasteiger partial charge in [-0.05, 0) is 37.8 Å². The van der Waals surface area contributed by atoms with E-state index in [-0.39, 0.29) is 0 Å². The Kier molecular flexibility index (Phi) is 11.3. The van der Waals surface area contributed by atoms with Crippen LogP contribution in [0, 0.1) is 5.92 Å². The monoisotopic (exact) mass is 216 g/mol. The van der Waals surface area contributed by atoms with Crippen molar-refractivity contribution in [3.8, 4) is 0 Å². The molecule has 2 unspecified atom stereocenters. The third-order valence-electron chi connectivity index (χ3n) is 2.16. The summed E-state index contributed by atoms with van der Waals surface area (Å²) in [4.78, 5) is 0. The molecule has 14 heavy (non-hydrogen) atoms. The van der Waals surface area contributed by atoms with Crippen LogP contribution < -0.4 is 0 Å². The highest BCUT2D eigenvalue weighted by atomic mass is 31.0. The molecule has 2 atom stereocenters. The van der Waals surface area contributed by atoms with E-state index in [1.165, 1.54) is 19.0 Å². The molecule has 0 fully saturated rings. The predicted molar refractivity (Wildman–Crippen MR) is 67.8 cm³/mol. The molecule has 1 nitrogen and oxygen atoms in total. The van der Waals surface area contributed by atoms with Gasteiger partial charge in [0.15, 0.2) is 0 Å². The maximum absolute atomic E-state index is 5.54. The van der Waals surface area contributed by atoms with E-state index in [0.717, 1.165) is 26.1 Å². The van der Waals surface area contributed by atoms with Crippen molar-refractivity contribution in [3.05, 3.63) is 12.2 Å². The SMILES string of the molecule is CCC=CC(C)CCOCCCCP. The van der Waals surface area contributed by atoms with E-state index in [9.17, 15) is 0 Å². The van der Waals surface area contributed by atoms with Gasteiger partial charge in [-0.3, -0.25) is 0 Å². The minimum absolute atomic E-state index is 0.664. The number of ether oxygens (including phenoxy) is 1. The summed E-state index contributed by atoms with van der Waals surface area (Å²) in [7, 11) is 2.75. The molecule has 0 bridgehead atoms. The van der Waals surface area contributed by atoms with Gasteiger partial charge in [0.1, 0.15) is 0 Å².